The fourth-order valence-corrected chi connectivity index (χ4v) is 3.14. The van der Waals surface area contributed by atoms with E-state index in [9.17, 15) is 8.42 Å². The number of anilines is 1. The molecule has 1 aliphatic rings. The lowest BCUT2D eigenvalue weighted by molar-refractivity contribution is 0.316. The van der Waals surface area contributed by atoms with E-state index < -0.39 is 10.0 Å². The van der Waals surface area contributed by atoms with Gasteiger partial charge in [0, 0.05) is 6.54 Å². The minimum atomic E-state index is -3.45. The second-order valence-electron chi connectivity index (χ2n) is 4.69. The summed E-state index contributed by atoms with van der Waals surface area (Å²) < 4.78 is 26.7. The van der Waals surface area contributed by atoms with E-state index >= 15 is 0 Å². The van der Waals surface area contributed by atoms with E-state index in [0.717, 1.165) is 18.4 Å². The molecule has 17 heavy (non-hydrogen) atoms. The van der Waals surface area contributed by atoms with Gasteiger partial charge in [-0.05, 0) is 43.4 Å². The first-order valence-corrected chi connectivity index (χ1v) is 7.33. The highest BCUT2D eigenvalue weighted by Gasteiger charge is 2.22. The smallest absolute Gasteiger partial charge is 0.242 e. The van der Waals surface area contributed by atoms with Crippen molar-refractivity contribution in [1.29, 1.82) is 0 Å². The highest BCUT2D eigenvalue weighted by Crippen LogP contribution is 2.26. The molecule has 0 atom stereocenters. The molecule has 1 aromatic rings. The average Bonchev–Trinajstić information content (AvgIpc) is 2.13. The monoisotopic (exact) mass is 254 g/mol. The standard InChI is InChI=1S/C12H18N2O2S/c1-9-5-6-12(11(13)7-9)17(15,16)14-8-10-3-2-4-10/h5-7,10,14H,2-4,8,13H2,1H3. The molecule has 0 aliphatic heterocycles. The molecule has 5 heteroatoms. The van der Waals surface area contributed by atoms with Crippen molar-refractivity contribution in [3.05, 3.63) is 23.8 Å². The van der Waals surface area contributed by atoms with Crippen LogP contribution in [-0.2, 0) is 10.0 Å². The molecule has 1 aromatic carbocycles. The van der Waals surface area contributed by atoms with E-state index in [1.165, 1.54) is 6.42 Å². The number of hydrogen-bond acceptors (Lipinski definition) is 3. The van der Waals surface area contributed by atoms with Gasteiger partial charge in [0.25, 0.3) is 0 Å². The maximum atomic E-state index is 12.0. The number of benzene rings is 1. The summed E-state index contributed by atoms with van der Waals surface area (Å²) in [4.78, 5) is 0.183. The van der Waals surface area contributed by atoms with Crippen molar-refractivity contribution in [3.63, 3.8) is 0 Å². The first-order chi connectivity index (χ1) is 7.99. The SMILES string of the molecule is Cc1ccc(S(=O)(=O)NCC2CCC2)c(N)c1. The molecule has 94 valence electrons. The van der Waals surface area contributed by atoms with Crippen LogP contribution >= 0.6 is 0 Å². The molecule has 0 amide bonds. The number of aryl methyl sites for hydroxylation is 1. The van der Waals surface area contributed by atoms with E-state index in [0.29, 0.717) is 18.2 Å². The number of sulfonamides is 1. The lowest BCUT2D eigenvalue weighted by atomic mass is 9.86. The lowest BCUT2D eigenvalue weighted by Crippen LogP contribution is -2.32. The van der Waals surface area contributed by atoms with Crippen molar-refractivity contribution < 1.29 is 8.42 Å². The normalized spacial score (nSPS) is 16.8. The summed E-state index contributed by atoms with van der Waals surface area (Å²) in [6, 6.07) is 5.00. The Morgan fingerprint density at radius 1 is 1.41 bits per heavy atom. The summed E-state index contributed by atoms with van der Waals surface area (Å²) >= 11 is 0. The van der Waals surface area contributed by atoms with Crippen LogP contribution in [0.2, 0.25) is 0 Å². The zero-order valence-corrected chi connectivity index (χ0v) is 10.8. The second-order valence-corrected chi connectivity index (χ2v) is 6.43. The minimum Gasteiger partial charge on any atom is -0.398 e. The van der Waals surface area contributed by atoms with E-state index in [4.69, 9.17) is 5.73 Å². The molecule has 0 spiro atoms. The number of nitrogens with one attached hydrogen (secondary N) is 1. The van der Waals surface area contributed by atoms with Crippen molar-refractivity contribution >= 4 is 15.7 Å². The first-order valence-electron chi connectivity index (χ1n) is 5.85. The van der Waals surface area contributed by atoms with Gasteiger partial charge in [-0.3, -0.25) is 0 Å². The van der Waals surface area contributed by atoms with Crippen LogP contribution in [0.4, 0.5) is 5.69 Å². The molecule has 0 heterocycles. The van der Waals surface area contributed by atoms with Crippen LogP contribution in [0.1, 0.15) is 24.8 Å². The van der Waals surface area contributed by atoms with Gasteiger partial charge in [0.05, 0.1) is 5.69 Å². The van der Waals surface area contributed by atoms with Crippen molar-refractivity contribution in [2.75, 3.05) is 12.3 Å². The molecule has 0 aromatic heterocycles. The molecule has 0 radical (unpaired) electrons. The van der Waals surface area contributed by atoms with Crippen molar-refractivity contribution in [1.82, 2.24) is 4.72 Å². The lowest BCUT2D eigenvalue weighted by Gasteiger charge is -2.25. The van der Waals surface area contributed by atoms with Crippen LogP contribution in [0.25, 0.3) is 0 Å². The van der Waals surface area contributed by atoms with E-state index in [1.807, 2.05) is 6.92 Å². The number of nitrogens with two attached hydrogens (primary N) is 1. The minimum absolute atomic E-state index is 0.183. The van der Waals surface area contributed by atoms with Gasteiger partial charge in [0.15, 0.2) is 0 Å². The molecule has 3 N–H and O–H groups in total. The van der Waals surface area contributed by atoms with Gasteiger partial charge in [-0.1, -0.05) is 12.5 Å². The predicted octanol–water partition coefficient (Wildman–Crippen LogP) is 1.66. The van der Waals surface area contributed by atoms with Crippen LogP contribution < -0.4 is 10.5 Å². The molecule has 1 saturated carbocycles. The molecule has 2 rings (SSSR count). The molecular formula is C12H18N2O2S. The first kappa shape index (κ1) is 12.4. The fraction of sp³-hybridized carbons (Fsp3) is 0.500. The third-order valence-corrected chi connectivity index (χ3v) is 4.74. The number of nitrogen functional groups attached to an aromatic ring is 1. The second kappa shape index (κ2) is 4.66. The zero-order chi connectivity index (χ0) is 12.5. The molecule has 1 fully saturated rings. The van der Waals surface area contributed by atoms with Crippen molar-refractivity contribution in [3.8, 4) is 0 Å². The number of hydrogen-bond donors (Lipinski definition) is 2. The Balaban J connectivity index is 2.12. The van der Waals surface area contributed by atoms with Gasteiger partial charge in [-0.25, -0.2) is 13.1 Å². The van der Waals surface area contributed by atoms with Crippen LogP contribution in [0.15, 0.2) is 23.1 Å². The number of rotatable bonds is 4. The summed E-state index contributed by atoms with van der Waals surface area (Å²) in [6.45, 7) is 2.41. The Labute approximate surface area is 102 Å². The third kappa shape index (κ3) is 2.79. The van der Waals surface area contributed by atoms with E-state index in [-0.39, 0.29) is 4.90 Å². The van der Waals surface area contributed by atoms with Gasteiger partial charge >= 0.3 is 0 Å². The summed E-state index contributed by atoms with van der Waals surface area (Å²) in [5.74, 6) is 0.497. The highest BCUT2D eigenvalue weighted by molar-refractivity contribution is 7.89. The van der Waals surface area contributed by atoms with Gasteiger partial charge in [-0.2, -0.15) is 0 Å². The maximum absolute atomic E-state index is 12.0. The Morgan fingerprint density at radius 3 is 2.65 bits per heavy atom. The summed E-state index contributed by atoms with van der Waals surface area (Å²) in [5.41, 5.74) is 7.01. The summed E-state index contributed by atoms with van der Waals surface area (Å²) in [6.07, 6.45) is 3.44. The molecule has 0 saturated heterocycles. The molecule has 1 aliphatic carbocycles. The third-order valence-electron chi connectivity index (χ3n) is 3.24. The summed E-state index contributed by atoms with van der Waals surface area (Å²) in [5, 5.41) is 0. The topological polar surface area (TPSA) is 72.2 Å². The van der Waals surface area contributed by atoms with Crippen LogP contribution in [0.5, 0.6) is 0 Å². The summed E-state index contributed by atoms with van der Waals surface area (Å²) in [7, 11) is -3.45. The molecular weight excluding hydrogens is 236 g/mol. The highest BCUT2D eigenvalue weighted by atomic mass is 32.2. The molecule has 0 unspecified atom stereocenters. The van der Waals surface area contributed by atoms with E-state index in [2.05, 4.69) is 4.72 Å². The largest absolute Gasteiger partial charge is 0.398 e. The van der Waals surface area contributed by atoms with Gasteiger partial charge in [0.1, 0.15) is 4.90 Å². The van der Waals surface area contributed by atoms with Crippen molar-refractivity contribution in [2.45, 2.75) is 31.1 Å². The Morgan fingerprint density at radius 2 is 2.12 bits per heavy atom. The fourth-order valence-electron chi connectivity index (χ4n) is 1.91. The Bertz CT molecular complexity index is 507. The quantitative estimate of drug-likeness (QED) is 0.803. The average molecular weight is 254 g/mol. The van der Waals surface area contributed by atoms with E-state index in [1.54, 1.807) is 18.2 Å². The van der Waals surface area contributed by atoms with Gasteiger partial charge in [0.2, 0.25) is 10.0 Å². The Hall–Kier alpha value is -1.07. The van der Waals surface area contributed by atoms with Gasteiger partial charge < -0.3 is 5.73 Å². The van der Waals surface area contributed by atoms with Crippen LogP contribution in [-0.4, -0.2) is 15.0 Å². The van der Waals surface area contributed by atoms with Crippen molar-refractivity contribution in [2.24, 2.45) is 5.92 Å². The van der Waals surface area contributed by atoms with Gasteiger partial charge in [-0.15, -0.1) is 0 Å². The Kier molecular flexibility index (Phi) is 3.40. The molecule has 4 nitrogen and oxygen atoms in total. The molecule has 0 bridgehead atoms. The van der Waals surface area contributed by atoms with Crippen LogP contribution in [0, 0.1) is 12.8 Å². The maximum Gasteiger partial charge on any atom is 0.242 e. The predicted molar refractivity (Wildman–Crippen MR) is 68.1 cm³/mol. The van der Waals surface area contributed by atoms with Crippen LogP contribution in [0.3, 0.4) is 0 Å². The zero-order valence-electron chi connectivity index (χ0n) is 9.94.